The molecule has 0 radical (unpaired) electrons. The van der Waals surface area contributed by atoms with Gasteiger partial charge in [-0.25, -0.2) is 9.18 Å². The van der Waals surface area contributed by atoms with Crippen LogP contribution in [0.5, 0.6) is 11.5 Å². The molecule has 2 heterocycles. The first-order valence-corrected chi connectivity index (χ1v) is 8.25. The van der Waals surface area contributed by atoms with E-state index in [1.54, 1.807) is 18.2 Å². The number of rotatable bonds is 4. The maximum Gasteiger partial charge on any atom is 0.350 e. The summed E-state index contributed by atoms with van der Waals surface area (Å²) < 4.78 is 24.9. The number of H-pyrrole nitrogens is 2. The van der Waals surface area contributed by atoms with Gasteiger partial charge >= 0.3 is 11.2 Å². The number of aromatic amines is 2. The fourth-order valence-electron chi connectivity index (χ4n) is 2.97. The van der Waals surface area contributed by atoms with Gasteiger partial charge in [0.1, 0.15) is 11.3 Å². The minimum absolute atomic E-state index is 0.149. The molecular formula is C19H15FN4O4. The normalized spacial score (nSPS) is 11.5. The molecular weight excluding hydrogens is 367 g/mol. The Morgan fingerprint density at radius 2 is 1.75 bits per heavy atom. The minimum Gasteiger partial charge on any atom is -0.493 e. The number of halogens is 1. The summed E-state index contributed by atoms with van der Waals surface area (Å²) in [5.41, 5.74) is -0.212. The van der Waals surface area contributed by atoms with Crippen LogP contribution >= 0.6 is 0 Å². The second-order valence-corrected chi connectivity index (χ2v) is 5.94. The summed E-state index contributed by atoms with van der Waals surface area (Å²) >= 11 is 0. The van der Waals surface area contributed by atoms with Gasteiger partial charge in [-0.15, -0.1) is 4.68 Å². The van der Waals surface area contributed by atoms with Gasteiger partial charge in [0.15, 0.2) is 11.5 Å². The predicted molar refractivity (Wildman–Crippen MR) is 103 cm³/mol. The van der Waals surface area contributed by atoms with Crippen LogP contribution in [-0.2, 0) is 0 Å². The van der Waals surface area contributed by atoms with Crippen LogP contribution in [0.25, 0.3) is 21.9 Å². The van der Waals surface area contributed by atoms with E-state index in [0.717, 1.165) is 6.21 Å². The highest BCUT2D eigenvalue weighted by Crippen LogP contribution is 2.34. The molecule has 4 rings (SSSR count). The highest BCUT2D eigenvalue weighted by atomic mass is 19.1. The molecule has 2 aromatic carbocycles. The second-order valence-electron chi connectivity index (χ2n) is 5.94. The third kappa shape index (κ3) is 2.73. The first-order chi connectivity index (χ1) is 13.5. The van der Waals surface area contributed by atoms with E-state index >= 15 is 0 Å². The monoisotopic (exact) mass is 382 g/mol. The van der Waals surface area contributed by atoms with Crippen molar-refractivity contribution >= 4 is 28.2 Å². The van der Waals surface area contributed by atoms with E-state index in [0.29, 0.717) is 32.6 Å². The summed E-state index contributed by atoms with van der Waals surface area (Å²) in [6.07, 6.45) is 1.12. The molecule has 2 N–H and O–H groups in total. The molecule has 0 unspecified atom stereocenters. The number of fused-ring (bicyclic) bond motifs is 3. The van der Waals surface area contributed by atoms with Crippen molar-refractivity contribution in [1.29, 1.82) is 0 Å². The largest absolute Gasteiger partial charge is 0.493 e. The van der Waals surface area contributed by atoms with Crippen LogP contribution in [-0.4, -0.2) is 35.1 Å². The standard InChI is InChI=1S/C19H15FN4O4/c1-27-14-7-11-13(8-15(14)28-2)22-17-16(11)23-19(26)24(18(17)25)21-9-10-5-3-4-6-12(10)20/h3-9,22H,1-2H3,(H,23,26). The third-order valence-corrected chi connectivity index (χ3v) is 4.35. The first-order valence-electron chi connectivity index (χ1n) is 8.25. The lowest BCUT2D eigenvalue weighted by Gasteiger charge is -2.06. The Labute approximate surface area is 156 Å². The summed E-state index contributed by atoms with van der Waals surface area (Å²) in [6, 6.07) is 9.23. The van der Waals surface area contributed by atoms with Gasteiger partial charge in [-0.1, -0.05) is 18.2 Å². The van der Waals surface area contributed by atoms with Crippen molar-refractivity contribution < 1.29 is 13.9 Å². The van der Waals surface area contributed by atoms with Gasteiger partial charge in [0.25, 0.3) is 0 Å². The molecule has 0 spiro atoms. The zero-order chi connectivity index (χ0) is 19.8. The van der Waals surface area contributed by atoms with E-state index in [1.165, 1.54) is 32.4 Å². The number of benzene rings is 2. The molecule has 9 heteroatoms. The minimum atomic E-state index is -0.749. The summed E-state index contributed by atoms with van der Waals surface area (Å²) in [5.74, 6) is 0.418. The molecule has 0 aliphatic heterocycles. The van der Waals surface area contributed by atoms with Gasteiger partial charge in [-0.3, -0.25) is 4.79 Å². The molecule has 0 atom stereocenters. The lowest BCUT2D eigenvalue weighted by Crippen LogP contribution is -2.32. The van der Waals surface area contributed by atoms with Crippen molar-refractivity contribution in [3.05, 3.63) is 68.6 Å². The second kappa shape index (κ2) is 6.69. The Kier molecular flexibility index (Phi) is 4.19. The number of methoxy groups -OCH3 is 2. The summed E-state index contributed by atoms with van der Waals surface area (Å²) in [6.45, 7) is 0. The van der Waals surface area contributed by atoms with Crippen molar-refractivity contribution in [2.75, 3.05) is 14.2 Å². The fraction of sp³-hybridized carbons (Fsp3) is 0.105. The molecule has 0 aliphatic carbocycles. The highest BCUT2D eigenvalue weighted by molar-refractivity contribution is 6.05. The average Bonchev–Trinajstić information content (AvgIpc) is 3.05. The molecule has 0 aliphatic rings. The van der Waals surface area contributed by atoms with E-state index in [1.807, 2.05) is 0 Å². The summed E-state index contributed by atoms with van der Waals surface area (Å²) in [4.78, 5) is 30.8. The molecule has 0 saturated carbocycles. The van der Waals surface area contributed by atoms with Crippen LogP contribution < -0.4 is 20.7 Å². The Morgan fingerprint density at radius 3 is 2.46 bits per heavy atom. The molecule has 0 amide bonds. The van der Waals surface area contributed by atoms with Crippen LogP contribution in [0.4, 0.5) is 4.39 Å². The van der Waals surface area contributed by atoms with E-state index in [-0.39, 0.29) is 11.1 Å². The van der Waals surface area contributed by atoms with E-state index in [4.69, 9.17) is 9.47 Å². The Balaban J connectivity index is 1.93. The lowest BCUT2D eigenvalue weighted by atomic mass is 10.2. The number of ether oxygens (including phenoxy) is 2. The molecule has 142 valence electrons. The maximum absolute atomic E-state index is 13.7. The van der Waals surface area contributed by atoms with Gasteiger partial charge in [-0.05, 0) is 12.1 Å². The van der Waals surface area contributed by atoms with Crippen LogP contribution in [0.2, 0.25) is 0 Å². The van der Waals surface area contributed by atoms with Crippen molar-refractivity contribution in [3.63, 3.8) is 0 Å². The molecule has 0 saturated heterocycles. The Hall–Kier alpha value is -3.88. The van der Waals surface area contributed by atoms with E-state index in [2.05, 4.69) is 15.1 Å². The molecule has 28 heavy (non-hydrogen) atoms. The Bertz CT molecular complexity index is 1350. The molecule has 2 aromatic heterocycles. The topological polar surface area (TPSA) is 101 Å². The van der Waals surface area contributed by atoms with Gasteiger partial charge in [0, 0.05) is 17.0 Å². The third-order valence-electron chi connectivity index (χ3n) is 4.35. The maximum atomic E-state index is 13.7. The number of nitrogens with zero attached hydrogens (tertiary/aromatic N) is 2. The van der Waals surface area contributed by atoms with Crippen LogP contribution in [0.1, 0.15) is 5.56 Å². The zero-order valence-corrected chi connectivity index (χ0v) is 14.9. The van der Waals surface area contributed by atoms with Gasteiger partial charge in [-0.2, -0.15) is 5.10 Å². The predicted octanol–water partition coefficient (Wildman–Crippen LogP) is 2.21. The van der Waals surface area contributed by atoms with Gasteiger partial charge in [0.05, 0.1) is 31.5 Å². The smallest absolute Gasteiger partial charge is 0.350 e. The fourth-order valence-corrected chi connectivity index (χ4v) is 2.97. The van der Waals surface area contributed by atoms with Crippen molar-refractivity contribution in [1.82, 2.24) is 14.6 Å². The molecule has 0 bridgehead atoms. The number of hydrogen-bond acceptors (Lipinski definition) is 5. The van der Waals surface area contributed by atoms with Crippen LogP contribution in [0, 0.1) is 5.82 Å². The van der Waals surface area contributed by atoms with Crippen LogP contribution in [0.15, 0.2) is 51.1 Å². The van der Waals surface area contributed by atoms with Gasteiger partial charge < -0.3 is 19.4 Å². The average molecular weight is 382 g/mol. The summed E-state index contributed by atoms with van der Waals surface area (Å²) in [7, 11) is 2.99. The van der Waals surface area contributed by atoms with Crippen molar-refractivity contribution in [2.45, 2.75) is 0 Å². The first kappa shape index (κ1) is 17.5. The van der Waals surface area contributed by atoms with Crippen LogP contribution in [0.3, 0.4) is 0 Å². The highest BCUT2D eigenvalue weighted by Gasteiger charge is 2.15. The Morgan fingerprint density at radius 1 is 1.04 bits per heavy atom. The SMILES string of the molecule is COc1cc2[nH]c3c(=O)n(N=Cc4ccccc4F)c(=O)[nH]c3c2cc1OC. The van der Waals surface area contributed by atoms with Crippen molar-refractivity contribution in [2.24, 2.45) is 5.10 Å². The lowest BCUT2D eigenvalue weighted by molar-refractivity contribution is 0.356. The number of nitrogens with one attached hydrogen (secondary N) is 2. The zero-order valence-electron chi connectivity index (χ0n) is 14.9. The summed E-state index contributed by atoms with van der Waals surface area (Å²) in [5, 5.41) is 4.44. The van der Waals surface area contributed by atoms with Gasteiger partial charge in [0.2, 0.25) is 0 Å². The molecule has 8 nitrogen and oxygen atoms in total. The molecule has 4 aromatic rings. The van der Waals surface area contributed by atoms with E-state index < -0.39 is 17.1 Å². The quantitative estimate of drug-likeness (QED) is 0.529. The van der Waals surface area contributed by atoms with E-state index in [9.17, 15) is 14.0 Å². The number of aromatic nitrogens is 3. The van der Waals surface area contributed by atoms with Crippen molar-refractivity contribution in [3.8, 4) is 11.5 Å². The molecule has 0 fully saturated rings. The number of hydrogen-bond donors (Lipinski definition) is 2.